The highest BCUT2D eigenvalue weighted by Gasteiger charge is 2.58. The molecule has 4 atom stereocenters. The average molecular weight is 396 g/mol. The van der Waals surface area contributed by atoms with E-state index in [0.717, 1.165) is 18.4 Å². The summed E-state index contributed by atoms with van der Waals surface area (Å²) in [6.45, 7) is 2.93. The number of fused-ring (bicyclic) bond motifs is 5. The van der Waals surface area contributed by atoms with Crippen LogP contribution >= 0.6 is 0 Å². The molecule has 3 aliphatic carbocycles. The van der Waals surface area contributed by atoms with Crippen LogP contribution in [0.15, 0.2) is 35.9 Å². The molecule has 1 aliphatic heterocycles. The maximum absolute atomic E-state index is 13.6. The number of esters is 1. The highest BCUT2D eigenvalue weighted by molar-refractivity contribution is 6.17. The van der Waals surface area contributed by atoms with Crippen LogP contribution in [-0.2, 0) is 19.0 Å². The minimum atomic E-state index is -0.876. The number of Topliss-reactive ketones (excluding diaryl/α,β-unsaturated/α-hetero) is 2. The Bertz CT molecular complexity index is 910. The Balaban J connectivity index is 1.68. The molecule has 1 spiro atoms. The smallest absolute Gasteiger partial charge is 0.313 e. The monoisotopic (exact) mass is 396 g/mol. The maximum atomic E-state index is 13.6. The third-order valence-corrected chi connectivity index (χ3v) is 6.80. The fourth-order valence-electron chi connectivity index (χ4n) is 5.69. The molecule has 29 heavy (non-hydrogen) atoms. The molecule has 0 amide bonds. The van der Waals surface area contributed by atoms with Crippen molar-refractivity contribution in [1.29, 1.82) is 0 Å². The van der Waals surface area contributed by atoms with E-state index in [0.29, 0.717) is 30.8 Å². The van der Waals surface area contributed by atoms with Crippen LogP contribution < -0.4 is 0 Å². The van der Waals surface area contributed by atoms with Crippen molar-refractivity contribution in [1.82, 2.24) is 0 Å². The molecule has 6 heteroatoms. The standard InChI is InChI=1S/C23H24O6/c1-2-27-22(26)16-12-17-15(8-5-9-23(17)28-10-11-29-23)18-19(16)21(25)14-7-4-3-6-13(14)20(18)24/h3-4,6-7,12,15-16,18-19H,2,5,8-11H2,1H3/t15-,16+,18+,19-/m0/s1. The molecule has 6 nitrogen and oxygen atoms in total. The second kappa shape index (κ2) is 6.89. The van der Waals surface area contributed by atoms with E-state index in [1.54, 1.807) is 31.2 Å². The van der Waals surface area contributed by atoms with E-state index in [1.807, 2.05) is 6.08 Å². The van der Waals surface area contributed by atoms with Crippen molar-refractivity contribution < 1.29 is 28.6 Å². The number of hydrogen-bond donors (Lipinski definition) is 0. The summed E-state index contributed by atoms with van der Waals surface area (Å²) in [5.74, 6) is -3.84. The lowest BCUT2D eigenvalue weighted by molar-refractivity contribution is -0.157. The molecule has 0 aromatic heterocycles. The summed E-state index contributed by atoms with van der Waals surface area (Å²) in [6.07, 6.45) is 4.14. The van der Waals surface area contributed by atoms with Crippen LogP contribution in [0, 0.1) is 23.7 Å². The molecule has 1 heterocycles. The normalized spacial score (nSPS) is 32.2. The summed E-state index contributed by atoms with van der Waals surface area (Å²) >= 11 is 0. The first kappa shape index (κ1) is 18.7. The second-order valence-electron chi connectivity index (χ2n) is 8.17. The molecule has 2 fully saturated rings. The third-order valence-electron chi connectivity index (χ3n) is 6.80. The van der Waals surface area contributed by atoms with Gasteiger partial charge in [0.2, 0.25) is 0 Å². The Morgan fingerprint density at radius 3 is 2.41 bits per heavy atom. The lowest BCUT2D eigenvalue weighted by atomic mass is 9.56. The van der Waals surface area contributed by atoms with Crippen LogP contribution in [0.4, 0.5) is 0 Å². The summed E-state index contributed by atoms with van der Waals surface area (Å²) in [4.78, 5) is 39.9. The largest absolute Gasteiger partial charge is 0.466 e. The highest BCUT2D eigenvalue weighted by atomic mass is 16.7. The quantitative estimate of drug-likeness (QED) is 0.565. The lowest BCUT2D eigenvalue weighted by Gasteiger charge is -2.49. The topological polar surface area (TPSA) is 78.9 Å². The molecule has 152 valence electrons. The molecule has 0 radical (unpaired) electrons. The Labute approximate surface area is 169 Å². The Hall–Kier alpha value is -2.31. The number of rotatable bonds is 2. The van der Waals surface area contributed by atoms with E-state index in [4.69, 9.17) is 14.2 Å². The van der Waals surface area contributed by atoms with Crippen LogP contribution in [-0.4, -0.2) is 43.1 Å². The average Bonchev–Trinajstić information content (AvgIpc) is 3.20. The zero-order chi connectivity index (χ0) is 20.2. The van der Waals surface area contributed by atoms with Gasteiger partial charge in [0.25, 0.3) is 0 Å². The zero-order valence-corrected chi connectivity index (χ0v) is 16.4. The minimum Gasteiger partial charge on any atom is -0.466 e. The van der Waals surface area contributed by atoms with Gasteiger partial charge in [-0.1, -0.05) is 30.3 Å². The van der Waals surface area contributed by atoms with Gasteiger partial charge in [0.05, 0.1) is 25.7 Å². The molecule has 5 rings (SSSR count). The van der Waals surface area contributed by atoms with Gasteiger partial charge in [0, 0.05) is 29.4 Å². The number of carbonyl (C=O) groups is 3. The second-order valence-corrected chi connectivity index (χ2v) is 8.17. The van der Waals surface area contributed by atoms with E-state index < -0.39 is 29.5 Å². The van der Waals surface area contributed by atoms with Gasteiger partial charge in [-0.15, -0.1) is 0 Å². The number of carbonyl (C=O) groups excluding carboxylic acids is 3. The maximum Gasteiger partial charge on any atom is 0.313 e. The van der Waals surface area contributed by atoms with Crippen molar-refractivity contribution in [2.45, 2.75) is 32.0 Å². The van der Waals surface area contributed by atoms with Gasteiger partial charge in [-0.25, -0.2) is 0 Å². The van der Waals surface area contributed by atoms with Crippen LogP contribution in [0.1, 0.15) is 46.9 Å². The summed E-state index contributed by atoms with van der Waals surface area (Å²) < 4.78 is 17.3. The summed E-state index contributed by atoms with van der Waals surface area (Å²) in [5, 5.41) is 0. The van der Waals surface area contributed by atoms with Crippen molar-refractivity contribution in [2.75, 3.05) is 19.8 Å². The summed E-state index contributed by atoms with van der Waals surface area (Å²) in [5.41, 5.74) is 1.71. The Kier molecular flexibility index (Phi) is 4.44. The van der Waals surface area contributed by atoms with E-state index in [-0.39, 0.29) is 24.1 Å². The van der Waals surface area contributed by atoms with Gasteiger partial charge in [-0.2, -0.15) is 0 Å². The van der Waals surface area contributed by atoms with E-state index in [9.17, 15) is 14.4 Å². The first-order valence-electron chi connectivity index (χ1n) is 10.4. The van der Waals surface area contributed by atoms with Crippen molar-refractivity contribution in [2.24, 2.45) is 23.7 Å². The third kappa shape index (κ3) is 2.66. The van der Waals surface area contributed by atoms with Gasteiger partial charge in [0.1, 0.15) is 0 Å². The molecular formula is C23H24O6. The van der Waals surface area contributed by atoms with E-state index in [1.165, 1.54) is 0 Å². The van der Waals surface area contributed by atoms with Crippen molar-refractivity contribution in [3.63, 3.8) is 0 Å². The number of ketones is 2. The zero-order valence-electron chi connectivity index (χ0n) is 16.4. The molecule has 0 bridgehead atoms. The predicted octanol–water partition coefficient (Wildman–Crippen LogP) is 2.96. The molecular weight excluding hydrogens is 372 g/mol. The Morgan fingerprint density at radius 2 is 1.76 bits per heavy atom. The van der Waals surface area contributed by atoms with Gasteiger partial charge >= 0.3 is 5.97 Å². The molecule has 1 saturated heterocycles. The van der Waals surface area contributed by atoms with Crippen LogP contribution in [0.5, 0.6) is 0 Å². The van der Waals surface area contributed by atoms with Gasteiger partial charge in [-0.3, -0.25) is 14.4 Å². The van der Waals surface area contributed by atoms with E-state index in [2.05, 4.69) is 0 Å². The lowest BCUT2D eigenvalue weighted by Crippen LogP contribution is -2.54. The number of hydrogen-bond acceptors (Lipinski definition) is 6. The van der Waals surface area contributed by atoms with Crippen LogP contribution in [0.3, 0.4) is 0 Å². The molecule has 0 unspecified atom stereocenters. The molecule has 1 aromatic rings. The SMILES string of the molecule is CCOC(=O)[C@@H]1C=C2[C@H](CCCC23OCCO3)[C@H]2C(=O)c3ccccc3C(=O)[C@H]21. The highest BCUT2D eigenvalue weighted by Crippen LogP contribution is 2.54. The molecule has 0 N–H and O–H groups in total. The van der Waals surface area contributed by atoms with Crippen molar-refractivity contribution in [3.05, 3.63) is 47.0 Å². The first-order chi connectivity index (χ1) is 14.1. The summed E-state index contributed by atoms with van der Waals surface area (Å²) in [7, 11) is 0. The molecule has 1 saturated carbocycles. The van der Waals surface area contributed by atoms with Gasteiger partial charge in [-0.05, 0) is 31.3 Å². The molecule has 4 aliphatic rings. The predicted molar refractivity (Wildman–Crippen MR) is 102 cm³/mol. The van der Waals surface area contributed by atoms with Crippen LogP contribution in [0.25, 0.3) is 0 Å². The Morgan fingerprint density at radius 1 is 1.10 bits per heavy atom. The van der Waals surface area contributed by atoms with Crippen molar-refractivity contribution in [3.8, 4) is 0 Å². The molecule has 1 aromatic carbocycles. The van der Waals surface area contributed by atoms with Gasteiger partial charge < -0.3 is 14.2 Å². The van der Waals surface area contributed by atoms with Gasteiger partial charge in [0.15, 0.2) is 17.4 Å². The number of benzene rings is 1. The first-order valence-corrected chi connectivity index (χ1v) is 10.4. The number of ether oxygens (including phenoxy) is 3. The minimum absolute atomic E-state index is 0.0647. The van der Waals surface area contributed by atoms with E-state index >= 15 is 0 Å². The fourth-order valence-corrected chi connectivity index (χ4v) is 5.69. The summed E-state index contributed by atoms with van der Waals surface area (Å²) in [6, 6.07) is 6.92. The van der Waals surface area contributed by atoms with Crippen LogP contribution in [0.2, 0.25) is 0 Å². The fraction of sp³-hybridized carbons (Fsp3) is 0.522. The van der Waals surface area contributed by atoms with Crippen molar-refractivity contribution >= 4 is 17.5 Å².